The topological polar surface area (TPSA) is 92.5 Å². The van der Waals surface area contributed by atoms with Gasteiger partial charge in [-0.2, -0.15) is 0 Å². The molecule has 6 nitrogen and oxygen atoms in total. The van der Waals surface area contributed by atoms with E-state index >= 15 is 0 Å². The number of nitrogens with zero attached hydrogens (tertiary/aromatic N) is 1. The number of sulfonamides is 1. The Bertz CT molecular complexity index is 576. The molecule has 8 heteroatoms. The maximum Gasteiger partial charge on any atom is 0.253 e. The lowest BCUT2D eigenvalue weighted by Gasteiger charge is -2.23. The van der Waals surface area contributed by atoms with Gasteiger partial charge in [-0.15, -0.1) is 12.4 Å². The maximum absolute atomic E-state index is 12.2. The highest BCUT2D eigenvalue weighted by molar-refractivity contribution is 7.89. The van der Waals surface area contributed by atoms with Crippen molar-refractivity contribution in [3.8, 4) is 0 Å². The van der Waals surface area contributed by atoms with E-state index in [1.54, 1.807) is 43.1 Å². The van der Waals surface area contributed by atoms with E-state index in [-0.39, 0.29) is 36.7 Å². The number of hydrogen-bond acceptors (Lipinski definition) is 4. The number of nitrogens with one attached hydrogen (secondary N) is 1. The molecule has 126 valence electrons. The lowest BCUT2D eigenvalue weighted by atomic mass is 10.1. The average molecular weight is 350 g/mol. The molecule has 0 fully saturated rings. The van der Waals surface area contributed by atoms with Crippen LogP contribution in [-0.2, 0) is 16.6 Å². The minimum absolute atomic E-state index is 0. The third kappa shape index (κ3) is 5.92. The van der Waals surface area contributed by atoms with Crippen LogP contribution in [0, 0.1) is 0 Å². The molecule has 1 atom stereocenters. The van der Waals surface area contributed by atoms with Crippen molar-refractivity contribution >= 4 is 28.3 Å². The number of nitrogens with two attached hydrogens (primary N) is 1. The number of carbonyl (C=O) groups excluding carboxylic acids is 1. The van der Waals surface area contributed by atoms with Gasteiger partial charge in [-0.1, -0.05) is 12.1 Å². The van der Waals surface area contributed by atoms with E-state index in [9.17, 15) is 13.2 Å². The van der Waals surface area contributed by atoms with Crippen molar-refractivity contribution in [1.82, 2.24) is 9.62 Å². The summed E-state index contributed by atoms with van der Waals surface area (Å²) in [5.74, 6) is -0.0561. The first-order valence-electron chi connectivity index (χ1n) is 6.84. The molecule has 0 heterocycles. The fourth-order valence-electron chi connectivity index (χ4n) is 1.62. The number of halogens is 1. The third-order valence-electron chi connectivity index (χ3n) is 3.40. The quantitative estimate of drug-likeness (QED) is 0.767. The molecule has 1 rings (SSSR count). The van der Waals surface area contributed by atoms with Crippen LogP contribution in [0.1, 0.15) is 29.8 Å². The van der Waals surface area contributed by atoms with Crippen LogP contribution in [0.4, 0.5) is 0 Å². The Balaban J connectivity index is 0.00000441. The maximum atomic E-state index is 12.2. The fourth-order valence-corrected chi connectivity index (χ4v) is 2.21. The van der Waals surface area contributed by atoms with Crippen LogP contribution in [-0.4, -0.2) is 44.6 Å². The van der Waals surface area contributed by atoms with Crippen LogP contribution >= 0.6 is 12.4 Å². The van der Waals surface area contributed by atoms with Crippen LogP contribution in [0.3, 0.4) is 0 Å². The molecule has 0 spiro atoms. The summed E-state index contributed by atoms with van der Waals surface area (Å²) in [7, 11) is -1.50. The minimum Gasteiger partial charge on any atom is -0.338 e. The molecule has 0 bridgehead atoms. The summed E-state index contributed by atoms with van der Waals surface area (Å²) in [5.41, 5.74) is 6.91. The van der Waals surface area contributed by atoms with Crippen LogP contribution in [0.5, 0.6) is 0 Å². The van der Waals surface area contributed by atoms with E-state index in [0.29, 0.717) is 12.1 Å². The molecule has 3 N–H and O–H groups in total. The number of hydrogen-bond donors (Lipinski definition) is 2. The van der Waals surface area contributed by atoms with Gasteiger partial charge >= 0.3 is 0 Å². The normalized spacial score (nSPS) is 12.4. The smallest absolute Gasteiger partial charge is 0.253 e. The van der Waals surface area contributed by atoms with Crippen molar-refractivity contribution in [2.45, 2.75) is 26.4 Å². The minimum atomic E-state index is -3.21. The summed E-state index contributed by atoms with van der Waals surface area (Å²) >= 11 is 0. The molecule has 0 saturated heterocycles. The number of likely N-dealkylation sites (N-methyl/N-ethyl adjacent to an activating group) is 1. The summed E-state index contributed by atoms with van der Waals surface area (Å²) in [5, 5.41) is 0. The molecule has 1 amide bonds. The molecule has 0 saturated carbocycles. The van der Waals surface area contributed by atoms with E-state index in [2.05, 4.69) is 4.72 Å². The lowest BCUT2D eigenvalue weighted by Crippen LogP contribution is -2.39. The zero-order valence-corrected chi connectivity index (χ0v) is 14.7. The summed E-state index contributed by atoms with van der Waals surface area (Å²) in [4.78, 5) is 13.8. The molecule has 1 aromatic rings. The van der Waals surface area contributed by atoms with Crippen molar-refractivity contribution in [3.63, 3.8) is 0 Å². The number of rotatable bonds is 7. The Labute approximate surface area is 138 Å². The van der Waals surface area contributed by atoms with Crippen molar-refractivity contribution in [3.05, 3.63) is 35.4 Å². The molecule has 1 unspecified atom stereocenters. The highest BCUT2D eigenvalue weighted by Gasteiger charge is 2.16. The standard InChI is InChI=1S/C14H23N3O3S.ClH/c1-4-21(19,20)16-10-12-5-7-13(8-6-12)14(18)17(3)11(2)9-15;/h5-8,11,16H,4,9-10,15H2,1-3H3;1H. The van der Waals surface area contributed by atoms with Crippen LogP contribution in [0.25, 0.3) is 0 Å². The van der Waals surface area contributed by atoms with Crippen molar-refractivity contribution < 1.29 is 13.2 Å². The summed E-state index contributed by atoms with van der Waals surface area (Å²) in [6.45, 7) is 4.09. The van der Waals surface area contributed by atoms with Crippen LogP contribution in [0.15, 0.2) is 24.3 Å². The Morgan fingerprint density at radius 3 is 2.32 bits per heavy atom. The molecule has 0 aromatic heterocycles. The molecular formula is C14H24ClN3O3S. The van der Waals surface area contributed by atoms with Gasteiger partial charge in [0.2, 0.25) is 10.0 Å². The van der Waals surface area contributed by atoms with E-state index < -0.39 is 10.0 Å². The SMILES string of the molecule is CCS(=O)(=O)NCc1ccc(C(=O)N(C)C(C)CN)cc1.Cl. The first-order chi connectivity index (χ1) is 9.80. The fraction of sp³-hybridized carbons (Fsp3) is 0.500. The van der Waals surface area contributed by atoms with Gasteiger partial charge in [-0.25, -0.2) is 13.1 Å². The zero-order valence-electron chi connectivity index (χ0n) is 13.1. The Kier molecular flexibility index (Phi) is 8.62. The zero-order chi connectivity index (χ0) is 16.0. The average Bonchev–Trinajstić information content (AvgIpc) is 2.51. The van der Waals surface area contributed by atoms with Gasteiger partial charge in [-0.05, 0) is 31.5 Å². The van der Waals surface area contributed by atoms with Gasteiger partial charge in [0.1, 0.15) is 0 Å². The van der Waals surface area contributed by atoms with Gasteiger partial charge in [0, 0.05) is 31.7 Å². The Morgan fingerprint density at radius 2 is 1.86 bits per heavy atom. The number of carbonyl (C=O) groups is 1. The van der Waals surface area contributed by atoms with Crippen LogP contribution < -0.4 is 10.5 Å². The van der Waals surface area contributed by atoms with Gasteiger partial charge in [0.05, 0.1) is 5.75 Å². The van der Waals surface area contributed by atoms with E-state index in [1.807, 2.05) is 6.92 Å². The first-order valence-corrected chi connectivity index (χ1v) is 8.49. The first kappa shape index (κ1) is 20.9. The molecule has 22 heavy (non-hydrogen) atoms. The van der Waals surface area contributed by atoms with Crippen molar-refractivity contribution in [2.24, 2.45) is 5.73 Å². The monoisotopic (exact) mass is 349 g/mol. The highest BCUT2D eigenvalue weighted by atomic mass is 35.5. The summed E-state index contributed by atoms with van der Waals surface area (Å²) < 4.78 is 25.2. The van der Waals surface area contributed by atoms with Gasteiger partial charge in [0.15, 0.2) is 0 Å². The highest BCUT2D eigenvalue weighted by Crippen LogP contribution is 2.09. The van der Waals surface area contributed by atoms with Gasteiger partial charge in [-0.3, -0.25) is 4.79 Å². The molecule has 0 aliphatic carbocycles. The Morgan fingerprint density at radius 1 is 1.32 bits per heavy atom. The van der Waals surface area contributed by atoms with Crippen molar-refractivity contribution in [2.75, 3.05) is 19.3 Å². The summed E-state index contributed by atoms with van der Waals surface area (Å²) in [6.07, 6.45) is 0. The number of benzene rings is 1. The Hall–Kier alpha value is -1.15. The molecule has 1 aromatic carbocycles. The molecule has 0 aliphatic rings. The second kappa shape index (κ2) is 9.09. The van der Waals surface area contributed by atoms with Crippen LogP contribution in [0.2, 0.25) is 0 Å². The second-order valence-electron chi connectivity index (χ2n) is 4.92. The summed E-state index contributed by atoms with van der Waals surface area (Å²) in [6, 6.07) is 6.84. The molecule has 0 radical (unpaired) electrons. The molecular weight excluding hydrogens is 326 g/mol. The van der Waals surface area contributed by atoms with Gasteiger partial charge in [0.25, 0.3) is 5.91 Å². The number of amides is 1. The third-order valence-corrected chi connectivity index (χ3v) is 4.74. The predicted octanol–water partition coefficient (Wildman–Crippen LogP) is 0.967. The largest absolute Gasteiger partial charge is 0.338 e. The second-order valence-corrected chi connectivity index (χ2v) is 7.02. The van der Waals surface area contributed by atoms with E-state index in [4.69, 9.17) is 5.73 Å². The lowest BCUT2D eigenvalue weighted by molar-refractivity contribution is 0.0748. The predicted molar refractivity (Wildman–Crippen MR) is 90.6 cm³/mol. The molecule has 0 aliphatic heterocycles. The van der Waals surface area contributed by atoms with Gasteiger partial charge < -0.3 is 10.6 Å². The van der Waals surface area contributed by atoms with Crippen molar-refractivity contribution in [1.29, 1.82) is 0 Å². The van der Waals surface area contributed by atoms with E-state index in [0.717, 1.165) is 5.56 Å². The van der Waals surface area contributed by atoms with E-state index in [1.165, 1.54) is 0 Å².